The minimum atomic E-state index is -3.45. The number of nitrogens with zero attached hydrogens (tertiary/aromatic N) is 3. The first kappa shape index (κ1) is 23.7. The summed E-state index contributed by atoms with van der Waals surface area (Å²) >= 11 is 0. The number of anilines is 1. The molecule has 0 unspecified atom stereocenters. The van der Waals surface area contributed by atoms with Crippen LogP contribution in [0.15, 0.2) is 54.6 Å². The molecule has 9 heteroatoms. The number of benzene rings is 2. The predicted octanol–water partition coefficient (Wildman–Crippen LogP) is 2.11. The topological polar surface area (TPSA) is 87.2 Å². The standard InChI is InChI=1S/C23H29N3O5S/c1-19(27)26-14-8-13-25(32(2,29)30)16-15-24(17-20-9-6-7-12-22(20)26)23(28)18-31-21-10-4-3-5-11-21/h3-7,9-12H,8,13-18H2,1-2H3. The monoisotopic (exact) mass is 459 g/mol. The van der Waals surface area contributed by atoms with Gasteiger partial charge in [0.2, 0.25) is 15.9 Å². The number of ether oxygens (including phenoxy) is 1. The van der Waals surface area contributed by atoms with Crippen molar-refractivity contribution in [1.29, 1.82) is 0 Å². The lowest BCUT2D eigenvalue weighted by molar-refractivity contribution is -0.134. The van der Waals surface area contributed by atoms with Gasteiger partial charge in [-0.3, -0.25) is 9.59 Å². The largest absolute Gasteiger partial charge is 0.484 e. The molecule has 0 N–H and O–H groups in total. The van der Waals surface area contributed by atoms with Crippen LogP contribution in [0.3, 0.4) is 0 Å². The Morgan fingerprint density at radius 2 is 1.62 bits per heavy atom. The van der Waals surface area contributed by atoms with Crippen LogP contribution in [0.2, 0.25) is 0 Å². The van der Waals surface area contributed by atoms with E-state index in [0.29, 0.717) is 18.7 Å². The third-order valence-electron chi connectivity index (χ3n) is 5.36. The van der Waals surface area contributed by atoms with Gasteiger partial charge in [0.1, 0.15) is 5.75 Å². The summed E-state index contributed by atoms with van der Waals surface area (Å²) in [6, 6.07) is 16.5. The fourth-order valence-electron chi connectivity index (χ4n) is 3.69. The van der Waals surface area contributed by atoms with E-state index < -0.39 is 10.0 Å². The van der Waals surface area contributed by atoms with Gasteiger partial charge in [0.25, 0.3) is 5.91 Å². The molecule has 172 valence electrons. The molecule has 0 saturated carbocycles. The highest BCUT2D eigenvalue weighted by Gasteiger charge is 2.25. The first-order valence-corrected chi connectivity index (χ1v) is 12.4. The number of fused-ring (bicyclic) bond motifs is 1. The highest BCUT2D eigenvalue weighted by atomic mass is 32.2. The van der Waals surface area contributed by atoms with E-state index in [1.54, 1.807) is 21.9 Å². The van der Waals surface area contributed by atoms with Crippen molar-refractivity contribution < 1.29 is 22.7 Å². The van der Waals surface area contributed by atoms with Crippen LogP contribution in [-0.2, 0) is 26.2 Å². The average Bonchev–Trinajstić information content (AvgIpc) is 2.79. The van der Waals surface area contributed by atoms with Crippen LogP contribution in [-0.4, -0.2) is 68.5 Å². The molecule has 32 heavy (non-hydrogen) atoms. The van der Waals surface area contributed by atoms with Gasteiger partial charge in [-0.15, -0.1) is 0 Å². The highest BCUT2D eigenvalue weighted by molar-refractivity contribution is 7.88. The highest BCUT2D eigenvalue weighted by Crippen LogP contribution is 2.24. The molecule has 0 aromatic heterocycles. The van der Waals surface area contributed by atoms with Crippen molar-refractivity contribution in [3.8, 4) is 5.75 Å². The zero-order valence-corrected chi connectivity index (χ0v) is 19.3. The van der Waals surface area contributed by atoms with Gasteiger partial charge in [0, 0.05) is 45.3 Å². The van der Waals surface area contributed by atoms with Crippen LogP contribution >= 0.6 is 0 Å². The number of hydrogen-bond donors (Lipinski definition) is 0. The summed E-state index contributed by atoms with van der Waals surface area (Å²) in [6.07, 6.45) is 1.65. The molecule has 0 bridgehead atoms. The van der Waals surface area contributed by atoms with E-state index in [9.17, 15) is 18.0 Å². The van der Waals surface area contributed by atoms with Gasteiger partial charge in [0.05, 0.1) is 6.26 Å². The van der Waals surface area contributed by atoms with Crippen molar-refractivity contribution in [3.05, 3.63) is 60.2 Å². The van der Waals surface area contributed by atoms with Crippen LogP contribution in [0.25, 0.3) is 0 Å². The van der Waals surface area contributed by atoms with E-state index >= 15 is 0 Å². The summed E-state index contributed by atoms with van der Waals surface area (Å²) in [5.41, 5.74) is 1.55. The van der Waals surface area contributed by atoms with Crippen LogP contribution < -0.4 is 9.64 Å². The molecule has 0 spiro atoms. The summed E-state index contributed by atoms with van der Waals surface area (Å²) in [6.45, 7) is 2.63. The minimum Gasteiger partial charge on any atom is -0.484 e. The molecule has 1 aliphatic heterocycles. The first-order valence-electron chi connectivity index (χ1n) is 10.5. The molecule has 3 rings (SSSR count). The van der Waals surface area contributed by atoms with Crippen molar-refractivity contribution in [3.63, 3.8) is 0 Å². The Balaban J connectivity index is 1.88. The molecule has 0 fully saturated rings. The zero-order valence-electron chi connectivity index (χ0n) is 18.4. The molecular weight excluding hydrogens is 430 g/mol. The Kier molecular flexibility index (Phi) is 7.87. The van der Waals surface area contributed by atoms with Gasteiger partial charge < -0.3 is 14.5 Å². The Morgan fingerprint density at radius 3 is 2.31 bits per heavy atom. The number of amides is 2. The summed E-state index contributed by atoms with van der Waals surface area (Å²) in [7, 11) is -3.45. The molecule has 1 heterocycles. The van der Waals surface area contributed by atoms with E-state index in [0.717, 1.165) is 17.5 Å². The SMILES string of the molecule is CC(=O)N1CCCN(S(C)(=O)=O)CCN(C(=O)COc2ccccc2)Cc2ccccc21. The molecular formula is C23H29N3O5S. The Morgan fingerprint density at radius 1 is 0.938 bits per heavy atom. The van der Waals surface area contributed by atoms with Gasteiger partial charge in [-0.2, -0.15) is 0 Å². The summed E-state index contributed by atoms with van der Waals surface area (Å²) in [4.78, 5) is 28.6. The van der Waals surface area contributed by atoms with E-state index in [1.807, 2.05) is 42.5 Å². The summed E-state index contributed by atoms with van der Waals surface area (Å²) < 4.78 is 31.5. The molecule has 0 aliphatic carbocycles. The van der Waals surface area contributed by atoms with Crippen LogP contribution in [0, 0.1) is 0 Å². The molecule has 2 aromatic rings. The van der Waals surface area contributed by atoms with E-state index in [1.165, 1.54) is 11.2 Å². The van der Waals surface area contributed by atoms with Gasteiger partial charge in [-0.25, -0.2) is 12.7 Å². The van der Waals surface area contributed by atoms with Crippen LogP contribution in [0.4, 0.5) is 5.69 Å². The van der Waals surface area contributed by atoms with Gasteiger partial charge in [0.15, 0.2) is 6.61 Å². The Bertz CT molecular complexity index is 1040. The second kappa shape index (κ2) is 10.6. The van der Waals surface area contributed by atoms with Crippen LogP contribution in [0.5, 0.6) is 5.75 Å². The molecule has 2 amide bonds. The molecule has 0 radical (unpaired) electrons. The van der Waals surface area contributed by atoms with Crippen LogP contribution in [0.1, 0.15) is 18.9 Å². The van der Waals surface area contributed by atoms with Crippen molar-refractivity contribution in [1.82, 2.24) is 9.21 Å². The quantitative estimate of drug-likeness (QED) is 0.699. The Hall–Kier alpha value is -2.91. The number of sulfonamides is 1. The van der Waals surface area contributed by atoms with Crippen molar-refractivity contribution >= 4 is 27.5 Å². The number of rotatable bonds is 4. The lowest BCUT2D eigenvalue weighted by Crippen LogP contribution is -2.42. The predicted molar refractivity (Wildman–Crippen MR) is 123 cm³/mol. The van der Waals surface area contributed by atoms with Crippen molar-refractivity contribution in [2.45, 2.75) is 19.9 Å². The van der Waals surface area contributed by atoms with E-state index in [-0.39, 0.29) is 44.6 Å². The fourth-order valence-corrected chi connectivity index (χ4v) is 4.56. The average molecular weight is 460 g/mol. The fraction of sp³-hybridized carbons (Fsp3) is 0.391. The smallest absolute Gasteiger partial charge is 0.260 e. The zero-order chi connectivity index (χ0) is 23.1. The van der Waals surface area contributed by atoms with Crippen molar-refractivity contribution in [2.75, 3.05) is 43.9 Å². The van der Waals surface area contributed by atoms with Gasteiger partial charge >= 0.3 is 0 Å². The molecule has 8 nitrogen and oxygen atoms in total. The summed E-state index contributed by atoms with van der Waals surface area (Å²) in [5, 5.41) is 0. The number of carbonyl (C=O) groups excluding carboxylic acids is 2. The minimum absolute atomic E-state index is 0.132. The number of hydrogen-bond acceptors (Lipinski definition) is 5. The maximum absolute atomic E-state index is 13.1. The molecule has 2 aromatic carbocycles. The number of para-hydroxylation sites is 2. The first-order chi connectivity index (χ1) is 15.3. The molecule has 0 saturated heterocycles. The maximum atomic E-state index is 13.1. The van der Waals surface area contributed by atoms with E-state index in [2.05, 4.69) is 0 Å². The second-order valence-electron chi connectivity index (χ2n) is 7.73. The third kappa shape index (κ3) is 6.30. The van der Waals surface area contributed by atoms with Crippen molar-refractivity contribution in [2.24, 2.45) is 0 Å². The van der Waals surface area contributed by atoms with Gasteiger partial charge in [-0.05, 0) is 30.2 Å². The lowest BCUT2D eigenvalue weighted by Gasteiger charge is -2.27. The summed E-state index contributed by atoms with van der Waals surface area (Å²) in [5.74, 6) is 0.193. The van der Waals surface area contributed by atoms with E-state index in [4.69, 9.17) is 4.74 Å². The molecule has 0 atom stereocenters. The molecule has 1 aliphatic rings. The number of carbonyl (C=O) groups is 2. The maximum Gasteiger partial charge on any atom is 0.260 e. The lowest BCUT2D eigenvalue weighted by atomic mass is 10.1. The Labute approximate surface area is 189 Å². The third-order valence-corrected chi connectivity index (χ3v) is 6.66. The second-order valence-corrected chi connectivity index (χ2v) is 9.71. The van der Waals surface area contributed by atoms with Gasteiger partial charge in [-0.1, -0.05) is 36.4 Å². The normalized spacial score (nSPS) is 16.1.